The number of thiocarbonyl (C=S) groups is 1. The Morgan fingerprint density at radius 1 is 1.12 bits per heavy atom. The second-order valence-corrected chi connectivity index (χ2v) is 7.61. The van der Waals surface area contributed by atoms with Crippen LogP contribution in [0.2, 0.25) is 0 Å². The van der Waals surface area contributed by atoms with Crippen LogP contribution < -0.4 is 0 Å². The highest BCUT2D eigenvalue weighted by atomic mass is 32.2. The van der Waals surface area contributed by atoms with Gasteiger partial charge in [0.05, 0.1) is 11.8 Å². The van der Waals surface area contributed by atoms with Crippen molar-refractivity contribution in [1.29, 1.82) is 0 Å². The van der Waals surface area contributed by atoms with E-state index in [-0.39, 0.29) is 18.1 Å². The van der Waals surface area contributed by atoms with Crippen LogP contribution >= 0.6 is 24.0 Å². The summed E-state index contributed by atoms with van der Waals surface area (Å²) in [7, 11) is 0. The molecule has 1 fully saturated rings. The highest BCUT2D eigenvalue weighted by molar-refractivity contribution is 8.24. The van der Waals surface area contributed by atoms with Crippen LogP contribution in [0.25, 0.3) is 0 Å². The van der Waals surface area contributed by atoms with E-state index < -0.39 is 5.25 Å². The van der Waals surface area contributed by atoms with Crippen molar-refractivity contribution in [3.63, 3.8) is 0 Å². The van der Waals surface area contributed by atoms with E-state index in [2.05, 4.69) is 0 Å². The van der Waals surface area contributed by atoms with Gasteiger partial charge < -0.3 is 0 Å². The van der Waals surface area contributed by atoms with E-state index in [4.69, 9.17) is 12.2 Å². The smallest absolute Gasteiger partial charge is 0.242 e. The first-order chi connectivity index (χ1) is 11.5. The SMILES string of the molecule is Cc1ccc(C(=O)CC2SC(=S)N(Cc3ccccc3)C2=O)cc1. The monoisotopic (exact) mass is 355 g/mol. The third kappa shape index (κ3) is 3.74. The van der Waals surface area contributed by atoms with Crippen LogP contribution in [-0.4, -0.2) is 26.2 Å². The molecule has 1 amide bonds. The molecule has 1 aliphatic heterocycles. The molecule has 1 saturated heterocycles. The van der Waals surface area contributed by atoms with Crippen molar-refractivity contribution in [2.45, 2.75) is 25.1 Å². The van der Waals surface area contributed by atoms with Crippen LogP contribution in [0.15, 0.2) is 54.6 Å². The van der Waals surface area contributed by atoms with E-state index >= 15 is 0 Å². The van der Waals surface area contributed by atoms with E-state index in [0.717, 1.165) is 11.1 Å². The molecule has 2 aromatic rings. The number of amides is 1. The molecule has 0 bridgehead atoms. The minimum absolute atomic E-state index is 0.0230. The Morgan fingerprint density at radius 2 is 1.79 bits per heavy atom. The van der Waals surface area contributed by atoms with Crippen molar-refractivity contribution < 1.29 is 9.59 Å². The number of carbonyl (C=O) groups excluding carboxylic acids is 2. The zero-order valence-electron chi connectivity index (χ0n) is 13.3. The van der Waals surface area contributed by atoms with Gasteiger partial charge >= 0.3 is 0 Å². The lowest BCUT2D eigenvalue weighted by Gasteiger charge is -2.15. The number of ketones is 1. The van der Waals surface area contributed by atoms with Crippen LogP contribution in [0.5, 0.6) is 0 Å². The van der Waals surface area contributed by atoms with Crippen LogP contribution in [0, 0.1) is 6.92 Å². The van der Waals surface area contributed by atoms with Gasteiger partial charge in [-0.3, -0.25) is 14.5 Å². The van der Waals surface area contributed by atoms with E-state index in [1.165, 1.54) is 11.8 Å². The molecule has 0 saturated carbocycles. The molecule has 0 N–H and O–H groups in total. The van der Waals surface area contributed by atoms with Gasteiger partial charge in [-0.1, -0.05) is 84.1 Å². The van der Waals surface area contributed by atoms with E-state index in [0.29, 0.717) is 16.4 Å². The van der Waals surface area contributed by atoms with Gasteiger partial charge in [0, 0.05) is 12.0 Å². The summed E-state index contributed by atoms with van der Waals surface area (Å²) in [6, 6.07) is 17.2. The molecule has 0 spiro atoms. The summed E-state index contributed by atoms with van der Waals surface area (Å²) in [5.41, 5.74) is 2.77. The van der Waals surface area contributed by atoms with Crippen molar-refractivity contribution in [2.75, 3.05) is 0 Å². The van der Waals surface area contributed by atoms with Crippen molar-refractivity contribution >= 4 is 40.0 Å². The maximum Gasteiger partial charge on any atom is 0.242 e. The number of Topliss-reactive ketones (excluding diaryl/α,β-unsaturated/α-hetero) is 1. The summed E-state index contributed by atoms with van der Waals surface area (Å²) in [5, 5.41) is -0.421. The lowest BCUT2D eigenvalue weighted by molar-refractivity contribution is -0.126. The largest absolute Gasteiger partial charge is 0.294 e. The normalized spacial score (nSPS) is 17.4. The molecule has 0 aromatic heterocycles. The molecule has 0 radical (unpaired) electrons. The summed E-state index contributed by atoms with van der Waals surface area (Å²) in [4.78, 5) is 26.6. The lowest BCUT2D eigenvalue weighted by atomic mass is 10.0. The highest BCUT2D eigenvalue weighted by Gasteiger charge is 2.38. The molecular formula is C19H17NO2S2. The van der Waals surface area contributed by atoms with Crippen LogP contribution in [0.1, 0.15) is 27.9 Å². The molecule has 5 heteroatoms. The number of rotatable bonds is 5. The van der Waals surface area contributed by atoms with Gasteiger partial charge in [-0.05, 0) is 12.5 Å². The third-order valence-corrected chi connectivity index (χ3v) is 5.52. The molecule has 0 aliphatic carbocycles. The number of benzene rings is 2. The first-order valence-corrected chi connectivity index (χ1v) is 8.99. The minimum atomic E-state index is -0.421. The maximum atomic E-state index is 12.6. The fourth-order valence-corrected chi connectivity index (χ4v) is 4.05. The van der Waals surface area contributed by atoms with Crippen molar-refractivity contribution in [2.24, 2.45) is 0 Å². The molecular weight excluding hydrogens is 338 g/mol. The predicted molar refractivity (Wildman–Crippen MR) is 101 cm³/mol. The van der Waals surface area contributed by atoms with Crippen molar-refractivity contribution in [3.8, 4) is 0 Å². The van der Waals surface area contributed by atoms with E-state index in [1.54, 1.807) is 4.90 Å². The number of hydrogen-bond acceptors (Lipinski definition) is 4. The maximum absolute atomic E-state index is 12.6. The van der Waals surface area contributed by atoms with Gasteiger partial charge in [0.25, 0.3) is 0 Å². The topological polar surface area (TPSA) is 37.4 Å². The lowest BCUT2D eigenvalue weighted by Crippen LogP contribution is -2.31. The van der Waals surface area contributed by atoms with Gasteiger partial charge in [0.1, 0.15) is 4.32 Å². The highest BCUT2D eigenvalue weighted by Crippen LogP contribution is 2.31. The van der Waals surface area contributed by atoms with Crippen molar-refractivity contribution in [3.05, 3.63) is 71.3 Å². The van der Waals surface area contributed by atoms with E-state index in [9.17, 15) is 9.59 Å². The Bertz CT molecular complexity index is 772. The van der Waals surface area contributed by atoms with Crippen LogP contribution in [0.4, 0.5) is 0 Å². The second-order valence-electron chi connectivity index (χ2n) is 5.78. The Hall–Kier alpha value is -1.98. The molecule has 24 heavy (non-hydrogen) atoms. The molecule has 1 unspecified atom stereocenters. The fraction of sp³-hybridized carbons (Fsp3) is 0.211. The van der Waals surface area contributed by atoms with Gasteiger partial charge in [0.2, 0.25) is 5.91 Å². The van der Waals surface area contributed by atoms with Gasteiger partial charge in [0.15, 0.2) is 5.78 Å². The summed E-state index contributed by atoms with van der Waals surface area (Å²) >= 11 is 6.65. The van der Waals surface area contributed by atoms with Gasteiger partial charge in [-0.2, -0.15) is 0 Å². The Kier molecular flexibility index (Phi) is 5.11. The average molecular weight is 355 g/mol. The molecule has 1 heterocycles. The van der Waals surface area contributed by atoms with Gasteiger partial charge in [-0.15, -0.1) is 0 Å². The Labute approximate surface area is 151 Å². The first kappa shape index (κ1) is 16.9. The quantitative estimate of drug-likeness (QED) is 0.600. The Balaban J connectivity index is 1.67. The molecule has 2 aromatic carbocycles. The molecule has 3 rings (SSSR count). The predicted octanol–water partition coefficient (Wildman–Crippen LogP) is 4.00. The first-order valence-electron chi connectivity index (χ1n) is 7.70. The summed E-state index contributed by atoms with van der Waals surface area (Å²) in [6.45, 7) is 2.44. The van der Waals surface area contributed by atoms with Gasteiger partial charge in [-0.25, -0.2) is 0 Å². The standard InChI is InChI=1S/C19H17NO2S2/c1-13-7-9-15(10-8-13)16(21)11-17-18(22)20(19(23)24-17)12-14-5-3-2-4-6-14/h2-10,17H,11-12H2,1H3. The Morgan fingerprint density at radius 3 is 2.46 bits per heavy atom. The fourth-order valence-electron chi connectivity index (χ4n) is 2.56. The zero-order valence-corrected chi connectivity index (χ0v) is 14.9. The molecule has 1 atom stereocenters. The van der Waals surface area contributed by atoms with Crippen LogP contribution in [-0.2, 0) is 11.3 Å². The van der Waals surface area contributed by atoms with E-state index in [1.807, 2.05) is 61.5 Å². The number of thioether (sulfide) groups is 1. The summed E-state index contributed by atoms with van der Waals surface area (Å²) in [5.74, 6) is -0.0977. The molecule has 1 aliphatic rings. The average Bonchev–Trinajstić information content (AvgIpc) is 2.84. The molecule has 122 valence electrons. The second kappa shape index (κ2) is 7.28. The van der Waals surface area contributed by atoms with Crippen molar-refractivity contribution in [1.82, 2.24) is 4.90 Å². The summed E-state index contributed by atoms with van der Waals surface area (Å²) in [6.07, 6.45) is 0.179. The molecule has 3 nitrogen and oxygen atoms in total. The number of hydrogen-bond donors (Lipinski definition) is 0. The van der Waals surface area contributed by atoms with Crippen LogP contribution in [0.3, 0.4) is 0 Å². The zero-order chi connectivity index (χ0) is 17.1. The minimum Gasteiger partial charge on any atom is -0.294 e. The summed E-state index contributed by atoms with van der Waals surface area (Å²) < 4.78 is 0.547. The third-order valence-electron chi connectivity index (χ3n) is 3.93. The number of carbonyl (C=O) groups is 2. The number of aryl methyl sites for hydroxylation is 1. The number of nitrogens with zero attached hydrogens (tertiary/aromatic N) is 1.